The van der Waals surface area contributed by atoms with Crippen LogP contribution in [-0.2, 0) is 4.74 Å². The Morgan fingerprint density at radius 1 is 1.53 bits per heavy atom. The lowest BCUT2D eigenvalue weighted by Gasteiger charge is -2.21. The lowest BCUT2D eigenvalue weighted by Crippen LogP contribution is -2.30. The zero-order valence-electron chi connectivity index (χ0n) is 10.4. The maximum Gasteiger partial charge on any atom is 0.371 e. The van der Waals surface area contributed by atoms with Crippen molar-refractivity contribution in [3.63, 3.8) is 0 Å². The fraction of sp³-hybridized carbons (Fsp3) is 0.583. The average Bonchev–Trinajstić information content (AvgIpc) is 2.72. The molecule has 17 heavy (non-hydrogen) atoms. The second-order valence-corrected chi connectivity index (χ2v) is 4.12. The van der Waals surface area contributed by atoms with Crippen LogP contribution in [0.1, 0.15) is 31.3 Å². The molecule has 0 fully saturated rings. The molecule has 0 aromatic carbocycles. The summed E-state index contributed by atoms with van der Waals surface area (Å²) in [6, 6.07) is 3.15. The smallest absolute Gasteiger partial charge is 0.371 e. The minimum absolute atomic E-state index is 0.0635. The number of carbonyl (C=O) groups is 1. The van der Waals surface area contributed by atoms with E-state index in [9.17, 15) is 4.79 Å². The third kappa shape index (κ3) is 4.11. The van der Waals surface area contributed by atoms with Crippen molar-refractivity contribution in [1.82, 2.24) is 0 Å². The summed E-state index contributed by atoms with van der Waals surface area (Å²) in [6.07, 6.45) is 0. The van der Waals surface area contributed by atoms with Crippen LogP contribution in [0.15, 0.2) is 16.5 Å². The Balaban J connectivity index is 2.61. The first-order valence-corrected chi connectivity index (χ1v) is 5.72. The van der Waals surface area contributed by atoms with Gasteiger partial charge in [0.2, 0.25) is 5.76 Å². The van der Waals surface area contributed by atoms with Gasteiger partial charge in [-0.3, -0.25) is 0 Å². The number of furan rings is 1. The van der Waals surface area contributed by atoms with E-state index in [0.717, 1.165) is 0 Å². The van der Waals surface area contributed by atoms with E-state index in [1.165, 1.54) is 6.07 Å². The molecule has 1 unspecified atom stereocenters. The van der Waals surface area contributed by atoms with E-state index in [1.807, 2.05) is 6.92 Å². The van der Waals surface area contributed by atoms with E-state index in [-0.39, 0.29) is 11.8 Å². The zero-order chi connectivity index (χ0) is 12.8. The van der Waals surface area contributed by atoms with Gasteiger partial charge in [-0.2, -0.15) is 0 Å². The minimum atomic E-state index is -1.07. The third-order valence-corrected chi connectivity index (χ3v) is 2.45. The van der Waals surface area contributed by atoms with Crippen molar-refractivity contribution in [1.29, 1.82) is 0 Å². The van der Waals surface area contributed by atoms with Gasteiger partial charge < -0.3 is 19.6 Å². The van der Waals surface area contributed by atoms with Crippen molar-refractivity contribution in [2.45, 2.75) is 26.8 Å². The van der Waals surface area contributed by atoms with E-state index in [1.54, 1.807) is 6.07 Å². The second-order valence-electron chi connectivity index (χ2n) is 4.12. The Morgan fingerprint density at radius 2 is 2.24 bits per heavy atom. The minimum Gasteiger partial charge on any atom is -0.475 e. The van der Waals surface area contributed by atoms with Crippen molar-refractivity contribution < 1.29 is 19.1 Å². The van der Waals surface area contributed by atoms with Gasteiger partial charge in [0, 0.05) is 12.7 Å². The lowest BCUT2D eigenvalue weighted by atomic mass is 10.1. The highest BCUT2D eigenvalue weighted by molar-refractivity contribution is 5.84. The van der Waals surface area contributed by atoms with E-state index in [4.69, 9.17) is 14.3 Å². The molecule has 0 saturated carbocycles. The molecule has 1 aromatic heterocycles. The first-order chi connectivity index (χ1) is 8.04. The number of ether oxygens (including phenoxy) is 1. The molecule has 0 saturated heterocycles. The van der Waals surface area contributed by atoms with Crippen LogP contribution in [0, 0.1) is 5.92 Å². The Labute approximate surface area is 101 Å². The molecule has 1 rings (SSSR count). The maximum atomic E-state index is 10.7. The van der Waals surface area contributed by atoms with Crippen LogP contribution in [0.25, 0.3) is 0 Å². The first-order valence-electron chi connectivity index (χ1n) is 5.72. The van der Waals surface area contributed by atoms with Crippen molar-refractivity contribution in [3.05, 3.63) is 17.9 Å². The number of hydrogen-bond donors (Lipinski definition) is 2. The molecule has 5 nitrogen and oxygen atoms in total. The number of rotatable bonds is 7. The molecule has 0 bridgehead atoms. The SMILES string of the molecule is CCOCC(Nc1ccc(C(=O)O)o1)C(C)C. The van der Waals surface area contributed by atoms with Crippen molar-refractivity contribution >= 4 is 11.9 Å². The van der Waals surface area contributed by atoms with Gasteiger partial charge in [0.25, 0.3) is 0 Å². The number of carboxylic acid groups (broad SMARTS) is 1. The van der Waals surface area contributed by atoms with E-state index in [2.05, 4.69) is 19.2 Å². The van der Waals surface area contributed by atoms with Crippen LogP contribution < -0.4 is 5.32 Å². The summed E-state index contributed by atoms with van der Waals surface area (Å²) in [5.74, 6) is -0.309. The fourth-order valence-electron chi connectivity index (χ4n) is 1.36. The predicted octanol–water partition coefficient (Wildman–Crippen LogP) is 2.45. The zero-order valence-corrected chi connectivity index (χ0v) is 10.4. The molecule has 0 spiro atoms. The molecular weight excluding hydrogens is 222 g/mol. The van der Waals surface area contributed by atoms with Gasteiger partial charge >= 0.3 is 5.97 Å². The summed E-state index contributed by atoms with van der Waals surface area (Å²) in [4.78, 5) is 10.7. The van der Waals surface area contributed by atoms with Crippen molar-refractivity contribution in [2.75, 3.05) is 18.5 Å². The second kappa shape index (κ2) is 6.30. The van der Waals surface area contributed by atoms with Crippen LogP contribution in [0.2, 0.25) is 0 Å². The van der Waals surface area contributed by atoms with Gasteiger partial charge in [-0.15, -0.1) is 0 Å². The molecule has 1 atom stereocenters. The molecule has 2 N–H and O–H groups in total. The van der Waals surface area contributed by atoms with Crippen LogP contribution >= 0.6 is 0 Å². The fourth-order valence-corrected chi connectivity index (χ4v) is 1.36. The highest BCUT2D eigenvalue weighted by Crippen LogP contribution is 2.17. The molecule has 0 aliphatic rings. The molecular formula is C12H19NO4. The molecule has 0 radical (unpaired) electrons. The van der Waals surface area contributed by atoms with Crippen LogP contribution in [0.5, 0.6) is 0 Å². The quantitative estimate of drug-likeness (QED) is 0.767. The van der Waals surface area contributed by atoms with E-state index in [0.29, 0.717) is 25.0 Å². The van der Waals surface area contributed by atoms with Gasteiger partial charge in [0.15, 0.2) is 5.88 Å². The summed E-state index contributed by atoms with van der Waals surface area (Å²) in [7, 11) is 0. The molecule has 0 aliphatic carbocycles. The maximum absolute atomic E-state index is 10.7. The number of carboxylic acids is 1. The predicted molar refractivity (Wildman–Crippen MR) is 64.4 cm³/mol. The summed E-state index contributed by atoms with van der Waals surface area (Å²) in [6.45, 7) is 7.29. The Kier molecular flexibility index (Phi) is 5.03. The Hall–Kier alpha value is -1.49. The molecule has 1 heterocycles. The normalized spacial score (nSPS) is 12.7. The molecule has 0 amide bonds. The molecule has 0 aliphatic heterocycles. The molecule has 96 valence electrons. The monoisotopic (exact) mass is 241 g/mol. The number of anilines is 1. The Morgan fingerprint density at radius 3 is 2.71 bits per heavy atom. The Bertz CT molecular complexity index is 359. The van der Waals surface area contributed by atoms with Gasteiger partial charge in [-0.1, -0.05) is 13.8 Å². The van der Waals surface area contributed by atoms with Crippen LogP contribution in [0.4, 0.5) is 5.88 Å². The summed E-state index contributed by atoms with van der Waals surface area (Å²) in [5, 5.41) is 11.9. The summed E-state index contributed by atoms with van der Waals surface area (Å²) in [5.41, 5.74) is 0. The number of hydrogen-bond acceptors (Lipinski definition) is 4. The first kappa shape index (κ1) is 13.6. The number of aromatic carboxylic acids is 1. The lowest BCUT2D eigenvalue weighted by molar-refractivity contribution is 0.0663. The topological polar surface area (TPSA) is 71.7 Å². The largest absolute Gasteiger partial charge is 0.475 e. The van der Waals surface area contributed by atoms with Crippen LogP contribution in [-0.4, -0.2) is 30.3 Å². The highest BCUT2D eigenvalue weighted by Gasteiger charge is 2.16. The molecule has 1 aromatic rings. The average molecular weight is 241 g/mol. The van der Waals surface area contributed by atoms with Crippen molar-refractivity contribution in [2.24, 2.45) is 5.92 Å². The van der Waals surface area contributed by atoms with E-state index < -0.39 is 5.97 Å². The third-order valence-electron chi connectivity index (χ3n) is 2.45. The van der Waals surface area contributed by atoms with Crippen molar-refractivity contribution in [3.8, 4) is 0 Å². The molecule has 5 heteroatoms. The van der Waals surface area contributed by atoms with Gasteiger partial charge in [0.1, 0.15) is 0 Å². The highest BCUT2D eigenvalue weighted by atomic mass is 16.5. The summed E-state index contributed by atoms with van der Waals surface area (Å²) < 4.78 is 10.5. The number of nitrogens with one attached hydrogen (secondary N) is 1. The van der Waals surface area contributed by atoms with Gasteiger partial charge in [0.05, 0.1) is 12.6 Å². The van der Waals surface area contributed by atoms with E-state index >= 15 is 0 Å². The van der Waals surface area contributed by atoms with Gasteiger partial charge in [-0.25, -0.2) is 4.79 Å². The summed E-state index contributed by atoms with van der Waals surface area (Å²) >= 11 is 0. The van der Waals surface area contributed by atoms with Gasteiger partial charge in [-0.05, 0) is 18.9 Å². The standard InChI is InChI=1S/C12H19NO4/c1-4-16-7-9(8(2)3)13-11-6-5-10(17-11)12(14)15/h5-6,8-9,13H,4,7H2,1-3H3,(H,14,15). The van der Waals surface area contributed by atoms with Crippen LogP contribution in [0.3, 0.4) is 0 Å².